The van der Waals surface area contributed by atoms with Crippen molar-refractivity contribution in [2.24, 2.45) is 0 Å². The summed E-state index contributed by atoms with van der Waals surface area (Å²) in [7, 11) is -3.81. The van der Waals surface area contributed by atoms with Gasteiger partial charge in [-0.25, -0.2) is 17.2 Å². The second-order valence-electron chi connectivity index (χ2n) is 6.05. The Morgan fingerprint density at radius 1 is 1.04 bits per heavy atom. The van der Waals surface area contributed by atoms with Crippen LogP contribution in [0.1, 0.15) is 12.0 Å². The molecule has 4 rings (SSSR count). The second kappa shape index (κ2) is 5.44. The average molecular weight is 350 g/mol. The summed E-state index contributed by atoms with van der Waals surface area (Å²) in [5.41, 5.74) is 1.30. The molecule has 126 valence electrons. The van der Waals surface area contributed by atoms with E-state index in [9.17, 15) is 17.2 Å². The largest absolute Gasteiger partial charge is 0.367 e. The van der Waals surface area contributed by atoms with Crippen LogP contribution in [0.2, 0.25) is 0 Å². The van der Waals surface area contributed by atoms with Gasteiger partial charge in [0.1, 0.15) is 12.0 Å². The van der Waals surface area contributed by atoms with Crippen molar-refractivity contribution >= 4 is 21.4 Å². The van der Waals surface area contributed by atoms with Crippen LogP contribution in [0, 0.1) is 5.82 Å². The third-order valence-corrected chi connectivity index (χ3v) is 6.41. The number of sulfonamides is 1. The van der Waals surface area contributed by atoms with E-state index in [4.69, 9.17) is 0 Å². The second-order valence-corrected chi connectivity index (χ2v) is 7.88. The molecule has 0 unspecified atom stereocenters. The number of rotatable bonds is 2. The molecular weight excluding hydrogens is 334 g/mol. The lowest BCUT2D eigenvalue weighted by atomic mass is 10.2. The minimum atomic E-state index is -3.81. The van der Waals surface area contributed by atoms with Crippen LogP contribution < -0.4 is 9.21 Å². The fraction of sp³-hybridized carbons (Fsp3) is 0.294. The summed E-state index contributed by atoms with van der Waals surface area (Å²) in [6, 6.07) is 11.1. The van der Waals surface area contributed by atoms with E-state index in [1.807, 2.05) is 4.90 Å². The molecule has 1 atom stereocenters. The molecule has 2 aromatic rings. The molecule has 0 N–H and O–H groups in total. The van der Waals surface area contributed by atoms with Crippen molar-refractivity contribution in [2.45, 2.75) is 24.0 Å². The van der Waals surface area contributed by atoms with Crippen LogP contribution in [-0.4, -0.2) is 27.7 Å². The van der Waals surface area contributed by atoms with Crippen LogP contribution in [0.3, 0.4) is 0 Å². The Morgan fingerprint density at radius 3 is 2.46 bits per heavy atom. The fourth-order valence-electron chi connectivity index (χ4n) is 3.37. The maximum atomic E-state index is 14.0. The molecule has 0 aliphatic carbocycles. The number of halogens is 2. The maximum absolute atomic E-state index is 14.0. The van der Waals surface area contributed by atoms with Crippen LogP contribution in [0.15, 0.2) is 47.4 Å². The van der Waals surface area contributed by atoms with Crippen molar-refractivity contribution in [3.05, 3.63) is 53.8 Å². The summed E-state index contributed by atoms with van der Waals surface area (Å²) >= 11 is 0. The Hall–Kier alpha value is -2.15. The summed E-state index contributed by atoms with van der Waals surface area (Å²) in [6.07, 6.45) is -0.487. The van der Waals surface area contributed by atoms with Crippen molar-refractivity contribution < 1.29 is 17.2 Å². The monoisotopic (exact) mass is 350 g/mol. The van der Waals surface area contributed by atoms with Crippen LogP contribution in [0.25, 0.3) is 0 Å². The Morgan fingerprint density at radius 2 is 1.79 bits per heavy atom. The van der Waals surface area contributed by atoms with E-state index >= 15 is 0 Å². The Kier molecular flexibility index (Phi) is 3.49. The highest BCUT2D eigenvalue weighted by molar-refractivity contribution is 7.93. The maximum Gasteiger partial charge on any atom is 0.265 e. The molecule has 7 heteroatoms. The highest BCUT2D eigenvalue weighted by Gasteiger charge is 2.38. The number of alkyl halides is 1. The van der Waals surface area contributed by atoms with Gasteiger partial charge < -0.3 is 4.90 Å². The first-order valence-corrected chi connectivity index (χ1v) is 9.20. The van der Waals surface area contributed by atoms with Gasteiger partial charge in [-0.1, -0.05) is 18.2 Å². The first-order chi connectivity index (χ1) is 11.5. The fourth-order valence-corrected chi connectivity index (χ4v) is 5.05. The summed E-state index contributed by atoms with van der Waals surface area (Å²) in [5, 5.41) is 0. The molecule has 2 heterocycles. The SMILES string of the molecule is O=S1(=O)c2cccc(F)c2CN1c1ccccc1N1CC[C@H](F)C1. The number of anilines is 2. The molecule has 4 nitrogen and oxygen atoms in total. The van der Waals surface area contributed by atoms with E-state index in [0.717, 1.165) is 0 Å². The molecule has 0 bridgehead atoms. The van der Waals surface area contributed by atoms with Crippen LogP contribution >= 0.6 is 0 Å². The molecule has 0 saturated carbocycles. The van der Waals surface area contributed by atoms with Crippen molar-refractivity contribution in [1.82, 2.24) is 0 Å². The predicted molar refractivity (Wildman–Crippen MR) is 87.9 cm³/mol. The molecule has 0 amide bonds. The zero-order valence-corrected chi connectivity index (χ0v) is 13.6. The third-order valence-electron chi connectivity index (χ3n) is 4.57. The Labute approximate surface area is 139 Å². The van der Waals surface area contributed by atoms with Gasteiger partial charge in [0.25, 0.3) is 10.0 Å². The van der Waals surface area contributed by atoms with E-state index < -0.39 is 22.0 Å². The molecule has 1 fully saturated rings. The zero-order chi connectivity index (χ0) is 16.9. The molecular formula is C17H16F2N2O2S. The molecule has 1 saturated heterocycles. The lowest BCUT2D eigenvalue weighted by Crippen LogP contribution is -2.28. The average Bonchev–Trinajstić information content (AvgIpc) is 3.10. The highest BCUT2D eigenvalue weighted by atomic mass is 32.2. The minimum absolute atomic E-state index is 0.00194. The standard InChI is InChI=1S/C17H16F2N2O2S/c18-12-8-9-20(10-12)15-5-1-2-6-16(15)21-11-13-14(19)4-3-7-17(13)24(21,22)23/h1-7,12H,8-11H2/t12-/m0/s1. The number of hydrogen-bond acceptors (Lipinski definition) is 3. The van der Waals surface area contributed by atoms with Gasteiger partial charge in [0, 0.05) is 18.7 Å². The smallest absolute Gasteiger partial charge is 0.265 e. The predicted octanol–water partition coefficient (Wildman–Crippen LogP) is 3.08. The van der Waals surface area contributed by atoms with Gasteiger partial charge in [-0.05, 0) is 30.7 Å². The molecule has 0 radical (unpaired) electrons. The van der Waals surface area contributed by atoms with E-state index in [2.05, 4.69) is 0 Å². The van der Waals surface area contributed by atoms with Gasteiger partial charge in [0.05, 0.1) is 22.8 Å². The number of fused-ring (bicyclic) bond motifs is 1. The zero-order valence-electron chi connectivity index (χ0n) is 12.8. The van der Waals surface area contributed by atoms with Crippen molar-refractivity contribution in [1.29, 1.82) is 0 Å². The summed E-state index contributed by atoms with van der Waals surface area (Å²) in [5.74, 6) is -0.527. The lowest BCUT2D eigenvalue weighted by molar-refractivity contribution is 0.364. The highest BCUT2D eigenvalue weighted by Crippen LogP contribution is 2.41. The van der Waals surface area contributed by atoms with Gasteiger partial charge in [0.15, 0.2) is 0 Å². The summed E-state index contributed by atoms with van der Waals surface area (Å²) in [4.78, 5) is 1.84. The van der Waals surface area contributed by atoms with Gasteiger partial charge >= 0.3 is 0 Å². The molecule has 2 aliphatic heterocycles. The van der Waals surface area contributed by atoms with Crippen LogP contribution in [0.4, 0.5) is 20.2 Å². The number of para-hydroxylation sites is 2. The third kappa shape index (κ3) is 2.26. The molecule has 2 aromatic carbocycles. The molecule has 2 aliphatic rings. The quantitative estimate of drug-likeness (QED) is 0.836. The van der Waals surface area contributed by atoms with E-state index in [1.165, 1.54) is 22.5 Å². The van der Waals surface area contributed by atoms with Crippen molar-refractivity contribution in [2.75, 3.05) is 22.3 Å². The van der Waals surface area contributed by atoms with Crippen molar-refractivity contribution in [3.63, 3.8) is 0 Å². The lowest BCUT2D eigenvalue weighted by Gasteiger charge is -2.26. The van der Waals surface area contributed by atoms with Gasteiger partial charge in [-0.15, -0.1) is 0 Å². The number of hydrogen-bond donors (Lipinski definition) is 0. The van der Waals surface area contributed by atoms with Crippen LogP contribution in [-0.2, 0) is 16.6 Å². The van der Waals surface area contributed by atoms with E-state index in [0.29, 0.717) is 24.3 Å². The number of nitrogens with zero attached hydrogens (tertiary/aromatic N) is 2. The minimum Gasteiger partial charge on any atom is -0.367 e. The summed E-state index contributed by atoms with van der Waals surface area (Å²) < 4.78 is 54.5. The van der Waals surface area contributed by atoms with Gasteiger partial charge in [-0.2, -0.15) is 0 Å². The number of benzene rings is 2. The summed E-state index contributed by atoms with van der Waals surface area (Å²) in [6.45, 7) is 0.730. The first-order valence-electron chi connectivity index (χ1n) is 7.76. The Balaban J connectivity index is 1.80. The topological polar surface area (TPSA) is 40.6 Å². The molecule has 24 heavy (non-hydrogen) atoms. The first kappa shape index (κ1) is 15.4. The van der Waals surface area contributed by atoms with E-state index in [-0.39, 0.29) is 23.5 Å². The molecule has 0 aromatic heterocycles. The molecule has 0 spiro atoms. The van der Waals surface area contributed by atoms with Crippen LogP contribution in [0.5, 0.6) is 0 Å². The van der Waals surface area contributed by atoms with Crippen molar-refractivity contribution in [3.8, 4) is 0 Å². The Bertz CT molecular complexity index is 901. The van der Waals surface area contributed by atoms with Gasteiger partial charge in [0.2, 0.25) is 0 Å². The normalized spacial score (nSPS) is 22.0. The van der Waals surface area contributed by atoms with E-state index in [1.54, 1.807) is 24.3 Å². The van der Waals surface area contributed by atoms with Gasteiger partial charge in [-0.3, -0.25) is 4.31 Å².